The zero-order chi connectivity index (χ0) is 18.9. The van der Waals surface area contributed by atoms with Crippen LogP contribution < -0.4 is 21.9 Å². The van der Waals surface area contributed by atoms with E-state index in [2.05, 4.69) is 41.8 Å². The molecule has 8 nitrogen and oxygen atoms in total. The molecule has 0 aliphatic carbocycles. The number of hydrogen-bond donors (Lipinski definition) is 4. The van der Waals surface area contributed by atoms with Gasteiger partial charge in [-0.05, 0) is 29.8 Å². The van der Waals surface area contributed by atoms with Crippen LogP contribution in [0.1, 0.15) is 5.56 Å². The molecule has 0 bridgehead atoms. The molecule has 1 aliphatic rings. The first-order valence-corrected chi connectivity index (χ1v) is 8.97. The van der Waals surface area contributed by atoms with Gasteiger partial charge in [-0.2, -0.15) is 10.5 Å². The first-order chi connectivity index (χ1) is 13.1. The highest BCUT2D eigenvalue weighted by Crippen LogP contribution is 2.36. The van der Waals surface area contributed by atoms with Gasteiger partial charge < -0.3 is 5.73 Å². The summed E-state index contributed by atoms with van der Waals surface area (Å²) in [4.78, 5) is 0. The highest BCUT2D eigenvalue weighted by molar-refractivity contribution is 9.10. The predicted octanol–water partition coefficient (Wildman–Crippen LogP) is 3.22. The zero-order valence-electron chi connectivity index (χ0n) is 14.2. The van der Waals surface area contributed by atoms with Gasteiger partial charge in [0.25, 0.3) is 0 Å². The Labute approximate surface area is 164 Å². The molecular formula is C18H17BrN8. The lowest BCUT2D eigenvalue weighted by atomic mass is 10.0. The largest absolute Gasteiger partial charge is 0.384 e. The maximum atomic E-state index is 6.60. The summed E-state index contributed by atoms with van der Waals surface area (Å²) in [6, 6.07) is 19.0. The fraction of sp³-hybridized carbons (Fsp3) is 0.0556. The second kappa shape index (κ2) is 6.95. The van der Waals surface area contributed by atoms with Gasteiger partial charge in [-0.25, -0.2) is 0 Å². The third-order valence-corrected chi connectivity index (χ3v) is 4.63. The van der Waals surface area contributed by atoms with Crippen molar-refractivity contribution in [3.8, 4) is 0 Å². The Kier molecular flexibility index (Phi) is 4.48. The summed E-state index contributed by atoms with van der Waals surface area (Å²) >= 11 is 3.44. The van der Waals surface area contributed by atoms with E-state index in [1.165, 1.54) is 0 Å². The molecule has 4 rings (SSSR count). The molecule has 1 atom stereocenters. The molecule has 9 heteroatoms. The summed E-state index contributed by atoms with van der Waals surface area (Å²) in [5, 5.41) is 16.8. The maximum Gasteiger partial charge on any atom is 0.230 e. The van der Waals surface area contributed by atoms with Crippen LogP contribution >= 0.6 is 15.9 Å². The van der Waals surface area contributed by atoms with Gasteiger partial charge >= 0.3 is 0 Å². The summed E-state index contributed by atoms with van der Waals surface area (Å²) < 4.78 is 0.966. The van der Waals surface area contributed by atoms with Gasteiger partial charge in [-0.3, -0.25) is 15.8 Å². The first-order valence-electron chi connectivity index (χ1n) is 8.17. The molecule has 0 radical (unpaired) electrons. The number of nitrogens with one attached hydrogen (secondary N) is 2. The Morgan fingerprint density at radius 3 is 2.44 bits per heavy atom. The number of nitrogens with zero attached hydrogens (tertiary/aromatic N) is 4. The van der Waals surface area contributed by atoms with Crippen LogP contribution in [0.5, 0.6) is 0 Å². The molecule has 136 valence electrons. The van der Waals surface area contributed by atoms with E-state index in [0.29, 0.717) is 17.2 Å². The summed E-state index contributed by atoms with van der Waals surface area (Å²) in [7, 11) is 0. The summed E-state index contributed by atoms with van der Waals surface area (Å²) in [5.74, 6) is -0.473. The van der Waals surface area contributed by atoms with Crippen molar-refractivity contribution >= 4 is 33.0 Å². The van der Waals surface area contributed by atoms with Gasteiger partial charge in [0.1, 0.15) is 5.82 Å². The molecule has 1 unspecified atom stereocenters. The van der Waals surface area contributed by atoms with E-state index >= 15 is 0 Å². The van der Waals surface area contributed by atoms with Crippen molar-refractivity contribution in [2.75, 3.05) is 5.01 Å². The highest BCUT2D eigenvalue weighted by atomic mass is 79.9. The smallest absolute Gasteiger partial charge is 0.230 e. The number of azo groups is 1. The number of hydrogen-bond acceptors (Lipinski definition) is 7. The van der Waals surface area contributed by atoms with Crippen molar-refractivity contribution in [3.63, 3.8) is 0 Å². The van der Waals surface area contributed by atoms with Crippen LogP contribution in [0.4, 0.5) is 11.5 Å². The van der Waals surface area contributed by atoms with E-state index in [9.17, 15) is 0 Å². The number of rotatable bonds is 4. The van der Waals surface area contributed by atoms with Gasteiger partial charge in [0.05, 0.1) is 11.3 Å². The third-order valence-electron chi connectivity index (χ3n) is 4.10. The highest BCUT2D eigenvalue weighted by Gasteiger charge is 2.43. The van der Waals surface area contributed by atoms with E-state index < -0.39 is 5.79 Å². The van der Waals surface area contributed by atoms with E-state index in [4.69, 9.17) is 11.5 Å². The summed E-state index contributed by atoms with van der Waals surface area (Å²) in [6.07, 6.45) is 1.66. The molecule has 0 spiro atoms. The number of aromatic nitrogens is 2. The normalized spacial score (nSPS) is 20.0. The Hall–Kier alpha value is -3.01. The number of aromatic amines is 1. The van der Waals surface area contributed by atoms with Crippen LogP contribution in [-0.4, -0.2) is 16.0 Å². The number of halogens is 1. The molecule has 0 amide bonds. The minimum atomic E-state index is -1.35. The van der Waals surface area contributed by atoms with Gasteiger partial charge in [-0.15, -0.1) is 10.2 Å². The Balaban J connectivity index is 1.79. The number of nitrogens with two attached hydrogens (primary N) is 2. The van der Waals surface area contributed by atoms with Gasteiger partial charge in [-0.1, -0.05) is 46.3 Å². The lowest BCUT2D eigenvalue weighted by Crippen LogP contribution is -2.54. The van der Waals surface area contributed by atoms with Crippen LogP contribution in [0.3, 0.4) is 0 Å². The van der Waals surface area contributed by atoms with Crippen molar-refractivity contribution in [1.82, 2.24) is 15.6 Å². The molecule has 1 aliphatic heterocycles. The molecule has 1 aromatic heterocycles. The van der Waals surface area contributed by atoms with Crippen LogP contribution in [0, 0.1) is 0 Å². The SMILES string of the molecule is NC1=C(c2ccccc2)C(N)(N=Nc2cc[nH]n2)NN1c1ccc(Br)cc1. The third kappa shape index (κ3) is 3.35. The summed E-state index contributed by atoms with van der Waals surface area (Å²) in [5.41, 5.74) is 18.5. The van der Waals surface area contributed by atoms with E-state index in [1.807, 2.05) is 54.6 Å². The minimum Gasteiger partial charge on any atom is -0.384 e. The molecule has 2 heterocycles. The molecule has 27 heavy (non-hydrogen) atoms. The molecular weight excluding hydrogens is 408 g/mol. The van der Waals surface area contributed by atoms with E-state index in [0.717, 1.165) is 15.7 Å². The number of H-pyrrole nitrogens is 1. The standard InChI is InChI=1S/C18H17BrN8/c19-13-6-8-14(9-7-13)27-17(20)16(12-4-2-1-3-5-12)18(21,26-27)25-24-15-10-11-22-23-15/h1-11,26H,20-21H2,(H,22,23). The van der Waals surface area contributed by atoms with Crippen molar-refractivity contribution < 1.29 is 0 Å². The summed E-state index contributed by atoms with van der Waals surface area (Å²) in [6.45, 7) is 0. The van der Waals surface area contributed by atoms with Crippen LogP contribution in [0.2, 0.25) is 0 Å². The number of anilines is 1. The van der Waals surface area contributed by atoms with Crippen LogP contribution in [0.25, 0.3) is 5.57 Å². The minimum absolute atomic E-state index is 0.426. The first kappa shape index (κ1) is 17.4. The van der Waals surface area contributed by atoms with E-state index in [1.54, 1.807) is 17.3 Å². The van der Waals surface area contributed by atoms with Crippen LogP contribution in [0.15, 0.2) is 87.4 Å². The molecule has 0 fully saturated rings. The average molecular weight is 425 g/mol. The van der Waals surface area contributed by atoms with Gasteiger partial charge in [0, 0.05) is 16.7 Å². The quantitative estimate of drug-likeness (QED) is 0.479. The fourth-order valence-electron chi connectivity index (χ4n) is 2.87. The fourth-order valence-corrected chi connectivity index (χ4v) is 3.14. The van der Waals surface area contributed by atoms with Crippen molar-refractivity contribution in [1.29, 1.82) is 0 Å². The molecule has 3 aromatic rings. The molecule has 0 saturated carbocycles. The lowest BCUT2D eigenvalue weighted by Gasteiger charge is -2.25. The Morgan fingerprint density at radius 1 is 1.04 bits per heavy atom. The van der Waals surface area contributed by atoms with Crippen molar-refractivity contribution in [3.05, 3.63) is 82.7 Å². The Morgan fingerprint density at radius 2 is 1.78 bits per heavy atom. The zero-order valence-corrected chi connectivity index (χ0v) is 15.8. The maximum absolute atomic E-state index is 6.60. The topological polar surface area (TPSA) is 121 Å². The lowest BCUT2D eigenvalue weighted by molar-refractivity contribution is 0.455. The molecule has 0 saturated heterocycles. The number of benzene rings is 2. The molecule has 6 N–H and O–H groups in total. The van der Waals surface area contributed by atoms with Gasteiger partial charge in [0.2, 0.25) is 5.79 Å². The number of hydrazine groups is 1. The average Bonchev–Trinajstić information content (AvgIpc) is 3.28. The predicted molar refractivity (Wildman–Crippen MR) is 107 cm³/mol. The van der Waals surface area contributed by atoms with Gasteiger partial charge in [0.15, 0.2) is 5.82 Å². The van der Waals surface area contributed by atoms with Crippen molar-refractivity contribution in [2.45, 2.75) is 5.79 Å². The van der Waals surface area contributed by atoms with Crippen LogP contribution in [-0.2, 0) is 0 Å². The second-order valence-corrected chi connectivity index (χ2v) is 6.86. The Bertz CT molecular complexity index is 982. The molecule has 2 aromatic carbocycles. The second-order valence-electron chi connectivity index (χ2n) is 5.95. The van der Waals surface area contributed by atoms with Crippen molar-refractivity contribution in [2.24, 2.45) is 21.7 Å². The van der Waals surface area contributed by atoms with E-state index in [-0.39, 0.29) is 0 Å². The monoisotopic (exact) mass is 424 g/mol.